The lowest BCUT2D eigenvalue weighted by molar-refractivity contribution is -0.154. The van der Waals surface area contributed by atoms with E-state index in [1.54, 1.807) is 4.90 Å². The zero-order chi connectivity index (χ0) is 10.8. The molecule has 0 aromatic carbocycles. The van der Waals surface area contributed by atoms with Crippen molar-refractivity contribution >= 4 is 5.91 Å². The van der Waals surface area contributed by atoms with Gasteiger partial charge in [-0.05, 0) is 6.42 Å². The summed E-state index contributed by atoms with van der Waals surface area (Å²) in [6, 6.07) is 0.324. The quantitative estimate of drug-likeness (QED) is 0.670. The van der Waals surface area contributed by atoms with Crippen molar-refractivity contribution < 1.29 is 9.90 Å². The summed E-state index contributed by atoms with van der Waals surface area (Å²) in [4.78, 5) is 13.2. The number of nitrogens with one attached hydrogen (secondary N) is 1. The van der Waals surface area contributed by atoms with Gasteiger partial charge < -0.3 is 15.3 Å². The minimum atomic E-state index is -0.618. The van der Waals surface area contributed by atoms with Crippen LogP contribution in [0.2, 0.25) is 0 Å². The summed E-state index contributed by atoms with van der Waals surface area (Å²) in [5.74, 6) is 0.0804. The lowest BCUT2D eigenvalue weighted by Crippen LogP contribution is -2.64. The first-order valence-corrected chi connectivity index (χ1v) is 5.20. The Kier molecular flexibility index (Phi) is 3.50. The first kappa shape index (κ1) is 11.5. The first-order chi connectivity index (χ1) is 6.47. The van der Waals surface area contributed by atoms with Crippen molar-refractivity contribution in [1.29, 1.82) is 0 Å². The fraction of sp³-hybridized carbons (Fsp3) is 0.900. The zero-order valence-corrected chi connectivity index (χ0v) is 9.21. The summed E-state index contributed by atoms with van der Waals surface area (Å²) < 4.78 is 0. The van der Waals surface area contributed by atoms with E-state index < -0.39 is 5.60 Å². The van der Waals surface area contributed by atoms with Gasteiger partial charge in [-0.3, -0.25) is 4.79 Å². The van der Waals surface area contributed by atoms with Gasteiger partial charge in [-0.1, -0.05) is 20.8 Å². The molecule has 0 saturated carbocycles. The van der Waals surface area contributed by atoms with E-state index in [9.17, 15) is 9.90 Å². The maximum Gasteiger partial charge on any atom is 0.236 e. The van der Waals surface area contributed by atoms with E-state index >= 15 is 0 Å². The van der Waals surface area contributed by atoms with Crippen molar-refractivity contribution in [3.63, 3.8) is 0 Å². The van der Waals surface area contributed by atoms with Crippen molar-refractivity contribution in [2.75, 3.05) is 19.6 Å². The largest absolute Gasteiger partial charge is 0.386 e. The van der Waals surface area contributed by atoms with Gasteiger partial charge in [0.25, 0.3) is 0 Å². The van der Waals surface area contributed by atoms with Crippen molar-refractivity contribution in [2.45, 2.75) is 38.8 Å². The van der Waals surface area contributed by atoms with Crippen molar-refractivity contribution in [3.8, 4) is 0 Å². The van der Waals surface area contributed by atoms with E-state index in [0.29, 0.717) is 32.1 Å². The highest BCUT2D eigenvalue weighted by molar-refractivity contribution is 5.79. The average Bonchev–Trinajstić information content (AvgIpc) is 2.09. The lowest BCUT2D eigenvalue weighted by Gasteiger charge is -2.46. The third-order valence-electron chi connectivity index (χ3n) is 2.64. The Balaban J connectivity index is 2.23. The Morgan fingerprint density at radius 3 is 2.57 bits per heavy atom. The molecule has 0 aliphatic carbocycles. The Morgan fingerprint density at radius 2 is 2.14 bits per heavy atom. The highest BCUT2D eigenvalue weighted by Gasteiger charge is 2.41. The highest BCUT2D eigenvalue weighted by Crippen LogP contribution is 2.23. The van der Waals surface area contributed by atoms with Gasteiger partial charge >= 0.3 is 0 Å². The summed E-state index contributed by atoms with van der Waals surface area (Å²) >= 11 is 0. The van der Waals surface area contributed by atoms with Gasteiger partial charge in [0.1, 0.15) is 0 Å². The molecule has 2 N–H and O–H groups in total. The minimum absolute atomic E-state index is 0.0804. The van der Waals surface area contributed by atoms with E-state index in [1.165, 1.54) is 0 Å². The second kappa shape index (κ2) is 4.28. The Morgan fingerprint density at radius 1 is 1.57 bits per heavy atom. The summed E-state index contributed by atoms with van der Waals surface area (Å²) in [5, 5.41) is 12.8. The molecule has 1 rings (SSSR count). The molecule has 0 aromatic rings. The number of nitrogens with zero attached hydrogens (tertiary/aromatic N) is 1. The Bertz CT molecular complexity index is 210. The Hall–Kier alpha value is -0.610. The van der Waals surface area contributed by atoms with Gasteiger partial charge in [0.05, 0.1) is 25.2 Å². The van der Waals surface area contributed by atoms with Gasteiger partial charge in [-0.2, -0.15) is 0 Å². The van der Waals surface area contributed by atoms with Crippen molar-refractivity contribution in [1.82, 2.24) is 10.2 Å². The van der Waals surface area contributed by atoms with Crippen LogP contribution in [0.15, 0.2) is 0 Å². The molecule has 0 spiro atoms. The van der Waals surface area contributed by atoms with Crippen LogP contribution in [-0.4, -0.2) is 47.2 Å². The normalized spacial score (nSPS) is 19.6. The van der Waals surface area contributed by atoms with Gasteiger partial charge in [0.2, 0.25) is 5.91 Å². The number of likely N-dealkylation sites (tertiary alicyclic amines) is 1. The van der Waals surface area contributed by atoms with E-state index in [4.69, 9.17) is 0 Å². The molecule has 4 nitrogen and oxygen atoms in total. The topological polar surface area (TPSA) is 52.6 Å². The van der Waals surface area contributed by atoms with Gasteiger partial charge in [-0.15, -0.1) is 0 Å². The summed E-state index contributed by atoms with van der Waals surface area (Å²) in [5.41, 5.74) is -0.618. The maximum absolute atomic E-state index is 11.5. The van der Waals surface area contributed by atoms with Crippen LogP contribution in [-0.2, 0) is 4.79 Å². The molecule has 1 fully saturated rings. The molecule has 1 amide bonds. The monoisotopic (exact) mass is 200 g/mol. The van der Waals surface area contributed by atoms with E-state index in [0.717, 1.165) is 0 Å². The van der Waals surface area contributed by atoms with Crippen LogP contribution in [0.1, 0.15) is 27.2 Å². The number of amides is 1. The molecule has 0 aromatic heterocycles. The average molecular weight is 200 g/mol. The standard InChI is InChI=1S/C10H20N2O2/c1-4-10(14)6-12(7-10)9(13)5-11-8(2)3/h8,11,14H,4-7H2,1-3H3. The third-order valence-corrected chi connectivity index (χ3v) is 2.64. The molecule has 14 heavy (non-hydrogen) atoms. The van der Waals surface area contributed by atoms with E-state index in [1.807, 2.05) is 20.8 Å². The van der Waals surface area contributed by atoms with Crippen LogP contribution in [0, 0.1) is 0 Å². The SMILES string of the molecule is CCC1(O)CN(C(=O)CNC(C)C)C1. The number of aliphatic hydroxyl groups is 1. The highest BCUT2D eigenvalue weighted by atomic mass is 16.3. The van der Waals surface area contributed by atoms with E-state index in [2.05, 4.69) is 5.32 Å². The van der Waals surface area contributed by atoms with Gasteiger partial charge in [0.15, 0.2) is 0 Å². The second-order valence-electron chi connectivity index (χ2n) is 4.36. The van der Waals surface area contributed by atoms with Crippen LogP contribution in [0.25, 0.3) is 0 Å². The molecule has 0 bridgehead atoms. The van der Waals surface area contributed by atoms with Crippen LogP contribution in [0.3, 0.4) is 0 Å². The molecule has 0 unspecified atom stereocenters. The predicted molar refractivity (Wildman–Crippen MR) is 55.0 cm³/mol. The second-order valence-corrected chi connectivity index (χ2v) is 4.36. The van der Waals surface area contributed by atoms with Crippen LogP contribution in [0.5, 0.6) is 0 Å². The van der Waals surface area contributed by atoms with Crippen molar-refractivity contribution in [2.24, 2.45) is 0 Å². The molecule has 1 aliphatic rings. The summed E-state index contributed by atoms with van der Waals surface area (Å²) in [6.07, 6.45) is 0.717. The van der Waals surface area contributed by atoms with E-state index in [-0.39, 0.29) is 5.91 Å². The Labute approximate surface area is 85.3 Å². The number of rotatable bonds is 4. The summed E-state index contributed by atoms with van der Waals surface area (Å²) in [7, 11) is 0. The summed E-state index contributed by atoms with van der Waals surface area (Å²) in [6.45, 7) is 7.30. The smallest absolute Gasteiger partial charge is 0.236 e. The molecule has 82 valence electrons. The third kappa shape index (κ3) is 2.69. The number of carbonyl (C=O) groups is 1. The maximum atomic E-state index is 11.5. The molecular weight excluding hydrogens is 180 g/mol. The predicted octanol–water partition coefficient (Wildman–Crippen LogP) is -0.0323. The number of hydrogen-bond donors (Lipinski definition) is 2. The zero-order valence-electron chi connectivity index (χ0n) is 9.21. The number of hydrogen-bond acceptors (Lipinski definition) is 3. The van der Waals surface area contributed by atoms with Crippen molar-refractivity contribution in [3.05, 3.63) is 0 Å². The molecule has 4 heteroatoms. The molecule has 1 saturated heterocycles. The van der Waals surface area contributed by atoms with Gasteiger partial charge in [-0.25, -0.2) is 0 Å². The molecule has 1 aliphatic heterocycles. The minimum Gasteiger partial charge on any atom is -0.386 e. The van der Waals surface area contributed by atoms with Crippen LogP contribution < -0.4 is 5.32 Å². The fourth-order valence-corrected chi connectivity index (χ4v) is 1.47. The molecular formula is C10H20N2O2. The number of carbonyl (C=O) groups excluding carboxylic acids is 1. The first-order valence-electron chi connectivity index (χ1n) is 5.20. The molecule has 0 atom stereocenters. The number of β-amino-alcohol motifs (C(OH)–C–C–N with tert-alkyl or cyclic N) is 1. The lowest BCUT2D eigenvalue weighted by atomic mass is 9.91. The molecule has 0 radical (unpaired) electrons. The van der Waals surface area contributed by atoms with Crippen LogP contribution >= 0.6 is 0 Å². The van der Waals surface area contributed by atoms with Crippen LogP contribution in [0.4, 0.5) is 0 Å². The van der Waals surface area contributed by atoms with Gasteiger partial charge in [0, 0.05) is 6.04 Å². The fourth-order valence-electron chi connectivity index (χ4n) is 1.47. The molecule has 1 heterocycles.